The Kier molecular flexibility index (Phi) is 2.77. The average molecular weight is 222 g/mol. The van der Waals surface area contributed by atoms with Gasteiger partial charge in [0, 0.05) is 10.8 Å². The molecule has 0 aliphatic heterocycles. The third-order valence-corrected chi connectivity index (χ3v) is 3.48. The quantitative estimate of drug-likeness (QED) is 0.864. The summed E-state index contributed by atoms with van der Waals surface area (Å²) >= 11 is 1.66. The van der Waals surface area contributed by atoms with Crippen LogP contribution in [0, 0.1) is 0 Å². The Hall–Kier alpha value is -1.29. The molecular formula is C11H14N2OS. The summed E-state index contributed by atoms with van der Waals surface area (Å²) in [7, 11) is 0. The molecular weight excluding hydrogens is 208 g/mol. The highest BCUT2D eigenvalue weighted by Gasteiger charge is 2.20. The number of nitrogens with two attached hydrogens (primary N) is 1. The Labute approximate surface area is 92.9 Å². The lowest BCUT2D eigenvalue weighted by Crippen LogP contribution is -1.94. The van der Waals surface area contributed by atoms with Crippen molar-refractivity contribution in [1.82, 2.24) is 5.16 Å². The van der Waals surface area contributed by atoms with Crippen molar-refractivity contribution in [3.63, 3.8) is 0 Å². The van der Waals surface area contributed by atoms with E-state index in [2.05, 4.69) is 19.0 Å². The van der Waals surface area contributed by atoms with E-state index in [0.717, 1.165) is 22.6 Å². The molecule has 0 amide bonds. The predicted molar refractivity (Wildman–Crippen MR) is 62.9 cm³/mol. The van der Waals surface area contributed by atoms with Gasteiger partial charge in [0.15, 0.2) is 0 Å². The first-order chi connectivity index (χ1) is 7.24. The van der Waals surface area contributed by atoms with Crippen molar-refractivity contribution in [2.45, 2.75) is 26.2 Å². The predicted octanol–water partition coefficient (Wildman–Crippen LogP) is 3.50. The molecule has 2 aromatic rings. The lowest BCUT2D eigenvalue weighted by molar-refractivity contribution is 0.421. The van der Waals surface area contributed by atoms with Crippen molar-refractivity contribution in [1.29, 1.82) is 0 Å². The topological polar surface area (TPSA) is 52.0 Å². The van der Waals surface area contributed by atoms with Crippen molar-refractivity contribution >= 4 is 17.2 Å². The van der Waals surface area contributed by atoms with Crippen LogP contribution in [0.25, 0.3) is 10.4 Å². The molecule has 1 atom stereocenters. The van der Waals surface area contributed by atoms with Crippen LogP contribution >= 0.6 is 11.3 Å². The number of nitrogens with zero attached hydrogens (tertiary/aromatic N) is 1. The summed E-state index contributed by atoms with van der Waals surface area (Å²) in [6.07, 6.45) is 1.03. The van der Waals surface area contributed by atoms with Crippen LogP contribution in [0.4, 0.5) is 5.88 Å². The summed E-state index contributed by atoms with van der Waals surface area (Å²) in [5, 5.41) is 6.08. The zero-order valence-corrected chi connectivity index (χ0v) is 9.67. The highest BCUT2D eigenvalue weighted by atomic mass is 32.1. The zero-order valence-electron chi connectivity index (χ0n) is 8.86. The van der Waals surface area contributed by atoms with Crippen LogP contribution in [0.2, 0.25) is 0 Å². The van der Waals surface area contributed by atoms with Gasteiger partial charge >= 0.3 is 0 Å². The molecule has 0 aliphatic rings. The van der Waals surface area contributed by atoms with E-state index in [4.69, 9.17) is 10.3 Å². The fraction of sp³-hybridized carbons (Fsp3) is 0.364. The SMILES string of the molecule is CCC(C)c1noc(N)c1-c1cccs1. The van der Waals surface area contributed by atoms with Crippen LogP contribution in [-0.4, -0.2) is 5.16 Å². The second-order valence-electron chi connectivity index (χ2n) is 3.59. The van der Waals surface area contributed by atoms with Crippen LogP contribution in [0.15, 0.2) is 22.0 Å². The molecule has 3 nitrogen and oxygen atoms in total. The van der Waals surface area contributed by atoms with Crippen molar-refractivity contribution in [2.24, 2.45) is 0 Å². The Morgan fingerprint density at radius 3 is 3.00 bits per heavy atom. The Morgan fingerprint density at radius 2 is 2.40 bits per heavy atom. The van der Waals surface area contributed by atoms with Gasteiger partial charge in [0.05, 0.1) is 11.3 Å². The smallest absolute Gasteiger partial charge is 0.231 e. The summed E-state index contributed by atoms with van der Waals surface area (Å²) in [6.45, 7) is 4.27. The molecule has 0 radical (unpaired) electrons. The van der Waals surface area contributed by atoms with Gasteiger partial charge in [-0.15, -0.1) is 11.3 Å². The third-order valence-electron chi connectivity index (χ3n) is 2.59. The molecule has 2 heterocycles. The van der Waals surface area contributed by atoms with E-state index in [1.807, 2.05) is 17.5 Å². The number of nitrogen functional groups attached to an aromatic ring is 1. The third kappa shape index (κ3) is 1.77. The van der Waals surface area contributed by atoms with Crippen molar-refractivity contribution < 1.29 is 4.52 Å². The fourth-order valence-corrected chi connectivity index (χ4v) is 2.30. The molecule has 2 aromatic heterocycles. The Morgan fingerprint density at radius 1 is 1.60 bits per heavy atom. The monoisotopic (exact) mass is 222 g/mol. The number of hydrogen-bond acceptors (Lipinski definition) is 4. The molecule has 0 bridgehead atoms. The van der Waals surface area contributed by atoms with Crippen molar-refractivity contribution in [3.05, 3.63) is 23.2 Å². The van der Waals surface area contributed by atoms with E-state index in [1.54, 1.807) is 11.3 Å². The van der Waals surface area contributed by atoms with E-state index in [9.17, 15) is 0 Å². The molecule has 0 aromatic carbocycles. The van der Waals surface area contributed by atoms with E-state index in [0.29, 0.717) is 11.8 Å². The van der Waals surface area contributed by atoms with Gasteiger partial charge in [-0.2, -0.15) is 0 Å². The van der Waals surface area contributed by atoms with Gasteiger partial charge in [0.1, 0.15) is 0 Å². The van der Waals surface area contributed by atoms with Gasteiger partial charge in [-0.05, 0) is 17.9 Å². The van der Waals surface area contributed by atoms with Gasteiger partial charge in [0.2, 0.25) is 5.88 Å². The first-order valence-electron chi connectivity index (χ1n) is 5.03. The van der Waals surface area contributed by atoms with E-state index in [1.165, 1.54) is 0 Å². The van der Waals surface area contributed by atoms with Gasteiger partial charge in [-0.3, -0.25) is 0 Å². The average Bonchev–Trinajstić information content (AvgIpc) is 2.85. The van der Waals surface area contributed by atoms with Crippen molar-refractivity contribution in [2.75, 3.05) is 5.73 Å². The highest BCUT2D eigenvalue weighted by molar-refractivity contribution is 7.13. The minimum absolute atomic E-state index is 0.378. The lowest BCUT2D eigenvalue weighted by atomic mass is 10.0. The van der Waals surface area contributed by atoms with Crippen LogP contribution < -0.4 is 5.73 Å². The molecule has 80 valence electrons. The van der Waals surface area contributed by atoms with Gasteiger partial charge in [-0.25, -0.2) is 0 Å². The van der Waals surface area contributed by atoms with E-state index < -0.39 is 0 Å². The second kappa shape index (κ2) is 4.06. The fourth-order valence-electron chi connectivity index (χ4n) is 1.51. The maximum Gasteiger partial charge on any atom is 0.231 e. The lowest BCUT2D eigenvalue weighted by Gasteiger charge is -2.05. The summed E-state index contributed by atoms with van der Waals surface area (Å²) in [5.74, 6) is 0.802. The molecule has 0 saturated heterocycles. The van der Waals surface area contributed by atoms with Crippen LogP contribution in [-0.2, 0) is 0 Å². The largest absolute Gasteiger partial charge is 0.367 e. The maximum atomic E-state index is 5.80. The first-order valence-corrected chi connectivity index (χ1v) is 5.91. The first kappa shape index (κ1) is 10.2. The van der Waals surface area contributed by atoms with Crippen LogP contribution in [0.1, 0.15) is 31.9 Å². The van der Waals surface area contributed by atoms with Gasteiger partial charge in [-0.1, -0.05) is 25.1 Å². The second-order valence-corrected chi connectivity index (χ2v) is 4.54. The van der Waals surface area contributed by atoms with E-state index in [-0.39, 0.29) is 0 Å². The summed E-state index contributed by atoms with van der Waals surface area (Å²) in [6, 6.07) is 4.05. The number of anilines is 1. The minimum Gasteiger partial charge on any atom is -0.367 e. The Balaban J connectivity index is 2.50. The summed E-state index contributed by atoms with van der Waals surface area (Å²) in [4.78, 5) is 1.13. The molecule has 2 rings (SSSR count). The normalized spacial score (nSPS) is 12.9. The number of hydrogen-bond donors (Lipinski definition) is 1. The van der Waals surface area contributed by atoms with Crippen LogP contribution in [0.3, 0.4) is 0 Å². The van der Waals surface area contributed by atoms with Gasteiger partial charge in [0.25, 0.3) is 0 Å². The molecule has 1 unspecified atom stereocenters. The Bertz CT molecular complexity index is 433. The van der Waals surface area contributed by atoms with Gasteiger partial charge < -0.3 is 10.3 Å². The maximum absolute atomic E-state index is 5.80. The molecule has 2 N–H and O–H groups in total. The van der Waals surface area contributed by atoms with E-state index >= 15 is 0 Å². The molecule has 0 saturated carbocycles. The van der Waals surface area contributed by atoms with Crippen molar-refractivity contribution in [3.8, 4) is 10.4 Å². The molecule has 4 heteroatoms. The molecule has 0 fully saturated rings. The van der Waals surface area contributed by atoms with Crippen LogP contribution in [0.5, 0.6) is 0 Å². The summed E-state index contributed by atoms with van der Waals surface area (Å²) in [5.41, 5.74) is 7.74. The number of thiophene rings is 1. The number of aromatic nitrogens is 1. The number of rotatable bonds is 3. The minimum atomic E-state index is 0.378. The molecule has 0 aliphatic carbocycles. The molecule has 0 spiro atoms. The summed E-state index contributed by atoms with van der Waals surface area (Å²) < 4.78 is 5.08. The standard InChI is InChI=1S/C11H14N2OS/c1-3-7(2)10-9(11(12)14-13-10)8-5-4-6-15-8/h4-7H,3,12H2,1-2H3. The molecule has 15 heavy (non-hydrogen) atoms. The highest BCUT2D eigenvalue weighted by Crippen LogP contribution is 2.37. The zero-order chi connectivity index (χ0) is 10.8.